The van der Waals surface area contributed by atoms with Gasteiger partial charge in [-0.25, -0.2) is 17.6 Å². The van der Waals surface area contributed by atoms with Crippen LogP contribution in [0, 0.1) is 57.8 Å². The number of aliphatic imine (C=N–C) groups is 1. The van der Waals surface area contributed by atoms with Gasteiger partial charge in [-0.1, -0.05) is 216 Å². The molecule has 8 heterocycles. The molecule has 0 bridgehead atoms. The number of halogens is 4. The van der Waals surface area contributed by atoms with Gasteiger partial charge in [-0.3, -0.25) is 24.3 Å². The molecule has 2 aliphatic heterocycles. The summed E-state index contributed by atoms with van der Waals surface area (Å²) in [6.45, 7) is 24.8. The maximum atomic E-state index is 16.3. The molecule has 4 unspecified atom stereocenters. The molecule has 1 amide bonds. The van der Waals surface area contributed by atoms with Crippen LogP contribution in [0.5, 0.6) is 0 Å². The Morgan fingerprint density at radius 2 is 0.901 bits per heavy atom. The highest BCUT2D eigenvalue weighted by Gasteiger charge is 2.55. The zero-order valence-corrected chi connectivity index (χ0v) is 70.0. The summed E-state index contributed by atoms with van der Waals surface area (Å²) in [6, 6.07) is 13.9. The number of nitrogens with zero attached hydrogens (tertiary/aromatic N) is 6. The van der Waals surface area contributed by atoms with Crippen molar-refractivity contribution >= 4 is 131 Å². The molecule has 3 aromatic carbocycles. The lowest BCUT2D eigenvalue weighted by molar-refractivity contribution is 0.0817. The molecule has 582 valence electrons. The summed E-state index contributed by atoms with van der Waals surface area (Å²) in [4.78, 5) is 56.1. The fourth-order valence-corrected chi connectivity index (χ4v) is 24.4. The standard InChI is InChI=1S/C94H106F4N6O3S4/c1-12-18-22-24-26-28-30-32-34-38-59-72(47-66-74(53(7)49-99)61-43-68(95)70(97)45-63(61)84(66)105)108-90-82-88(110-86(59)90)76-78-79(104-92(101-78)58-41-40-57(94(9,10)11)42-65(58)93(104)107)77-81(80(76)102(82)51-55(16-5)36-20-14-3)103(52-56(17-6)37-21-15-4)83-89(77)111-87-60(39-35-33-31-29-27-25-23-19-13-2)73(109-91(83)87)48-67-75(54(8)50-100)62-44-69(96)71(98)46-64(62)85(67)106/h40-48,55-56,78-79H,12-39,51-52H2,1-11H3/b66-47-,67-48-,74-53+,75-54-. The monoisotopic (exact) mass is 1570 g/mol. The number of carbonyl (C=O) groups excluding carboxylic acids is 3. The van der Waals surface area contributed by atoms with Crippen LogP contribution in [0.15, 0.2) is 69.7 Å². The first-order valence-electron chi connectivity index (χ1n) is 41.7. The first-order valence-corrected chi connectivity index (χ1v) is 44.9. The number of aryl methyl sites for hydroxylation is 2. The lowest BCUT2D eigenvalue weighted by atomic mass is 9.85. The molecule has 3 aliphatic carbocycles. The van der Waals surface area contributed by atoms with E-state index in [0.717, 1.165) is 227 Å². The number of Topliss-reactive ketones (excluding diaryl/α,β-unsaturated/α-hetero) is 2. The number of ketones is 2. The van der Waals surface area contributed by atoms with Crippen molar-refractivity contribution in [3.05, 3.63) is 159 Å². The van der Waals surface area contributed by atoms with Crippen LogP contribution in [-0.4, -0.2) is 37.3 Å². The van der Waals surface area contributed by atoms with Gasteiger partial charge in [0, 0.05) is 84.1 Å². The van der Waals surface area contributed by atoms with Gasteiger partial charge in [0.1, 0.15) is 11.9 Å². The van der Waals surface area contributed by atoms with Crippen molar-refractivity contribution in [2.45, 2.75) is 287 Å². The summed E-state index contributed by atoms with van der Waals surface area (Å²) < 4.78 is 73.4. The van der Waals surface area contributed by atoms with Gasteiger partial charge in [-0.05, 0) is 140 Å². The Bertz CT molecular complexity index is 5440. The van der Waals surface area contributed by atoms with Crippen LogP contribution in [0.1, 0.15) is 341 Å². The van der Waals surface area contributed by atoms with Crippen molar-refractivity contribution in [2.75, 3.05) is 0 Å². The normalized spacial score (nSPS) is 17.9. The van der Waals surface area contributed by atoms with Crippen molar-refractivity contribution in [3.63, 3.8) is 0 Å². The molecule has 5 aliphatic rings. The third-order valence-corrected chi connectivity index (χ3v) is 29.8. The van der Waals surface area contributed by atoms with Crippen LogP contribution in [0.25, 0.3) is 73.9 Å². The van der Waals surface area contributed by atoms with Gasteiger partial charge < -0.3 is 9.13 Å². The van der Waals surface area contributed by atoms with Gasteiger partial charge in [0.15, 0.2) is 34.8 Å². The van der Waals surface area contributed by atoms with Crippen LogP contribution in [-0.2, 0) is 31.3 Å². The second kappa shape index (κ2) is 33.7. The third kappa shape index (κ3) is 14.6. The van der Waals surface area contributed by atoms with E-state index >= 15 is 22.4 Å². The second-order valence-corrected chi connectivity index (χ2v) is 37.3. The minimum Gasteiger partial charge on any atom is -0.337 e. The maximum Gasteiger partial charge on any atom is 0.260 e. The van der Waals surface area contributed by atoms with Crippen LogP contribution in [0.4, 0.5) is 17.6 Å². The zero-order valence-electron chi connectivity index (χ0n) is 66.8. The number of hydrogen-bond acceptors (Lipinski definition) is 10. The number of amides is 1. The van der Waals surface area contributed by atoms with E-state index in [1.54, 1.807) is 59.2 Å². The van der Waals surface area contributed by atoms with Crippen molar-refractivity contribution in [1.29, 1.82) is 10.5 Å². The summed E-state index contributed by atoms with van der Waals surface area (Å²) in [7, 11) is 0. The van der Waals surface area contributed by atoms with Crippen LogP contribution >= 0.6 is 45.3 Å². The number of thiophene rings is 4. The average Bonchev–Trinajstić information content (AvgIpc) is 1.49. The molecule has 9 aromatic rings. The molecule has 6 aromatic heterocycles. The lowest BCUT2D eigenvalue weighted by Gasteiger charge is -2.33. The fourth-order valence-electron chi connectivity index (χ4n) is 18.4. The Morgan fingerprint density at radius 1 is 0.495 bits per heavy atom. The number of benzene rings is 3. The van der Waals surface area contributed by atoms with Crippen molar-refractivity contribution in [1.82, 2.24) is 14.0 Å². The molecular weight excluding hydrogens is 1470 g/mol. The van der Waals surface area contributed by atoms with E-state index < -0.39 is 46.9 Å². The molecule has 4 atom stereocenters. The van der Waals surface area contributed by atoms with Gasteiger partial charge in [0.25, 0.3) is 5.91 Å². The molecule has 14 rings (SSSR count). The first-order chi connectivity index (χ1) is 53.7. The number of allylic oxidation sites excluding steroid dienone is 6. The number of carbonyl (C=O) groups is 3. The maximum absolute atomic E-state index is 16.3. The van der Waals surface area contributed by atoms with Gasteiger partial charge in [-0.15, -0.1) is 45.3 Å². The van der Waals surface area contributed by atoms with Crippen LogP contribution in [0.2, 0.25) is 0 Å². The predicted molar refractivity (Wildman–Crippen MR) is 455 cm³/mol. The molecule has 17 heteroatoms. The second-order valence-electron chi connectivity index (χ2n) is 33.2. The molecule has 0 N–H and O–H groups in total. The van der Waals surface area contributed by atoms with Crippen molar-refractivity contribution < 1.29 is 31.9 Å². The number of aromatic nitrogens is 2. The fraction of sp³-hybridized carbons (Fsp3) is 0.489. The first kappa shape index (κ1) is 79.8. The topological polar surface area (TPSA) is 124 Å². The Balaban J connectivity index is 1.06. The molecule has 0 saturated carbocycles. The van der Waals surface area contributed by atoms with E-state index in [1.807, 2.05) is 12.2 Å². The SMILES string of the molecule is CCCCCCCCCCCc1c(/C=C2\C(=O)c3cc(F)c(F)cc3\C2=C(\C)C#N)sc2c1sc1c3c(n(CC(CC)CCCC)c12)-c1c(c2sc4c(CCCCCCCCCCC)c(/C=C5\C(=O)c6cc(F)c(F)cc6\C5=C(/C)C#N)sc4c2n1CC(CC)CCCC)C1C3N=C2c3ccc(C(C)(C)C)cc3C(=O)N21. The van der Waals surface area contributed by atoms with Crippen LogP contribution in [0.3, 0.4) is 0 Å². The summed E-state index contributed by atoms with van der Waals surface area (Å²) >= 11 is 6.92. The smallest absolute Gasteiger partial charge is 0.260 e. The minimum atomic E-state index is -1.12. The molecule has 0 spiro atoms. The van der Waals surface area contributed by atoms with Crippen molar-refractivity contribution in [2.24, 2.45) is 16.8 Å². The Kier molecular flexibility index (Phi) is 24.2. The molecule has 0 radical (unpaired) electrons. The lowest BCUT2D eigenvalue weighted by Crippen LogP contribution is -2.33. The summed E-state index contributed by atoms with van der Waals surface area (Å²) in [5.41, 5.74) is 13.3. The highest BCUT2D eigenvalue weighted by atomic mass is 32.1. The van der Waals surface area contributed by atoms with E-state index in [2.05, 4.69) is 107 Å². The van der Waals surface area contributed by atoms with E-state index in [0.29, 0.717) is 42.1 Å². The van der Waals surface area contributed by atoms with E-state index in [4.69, 9.17) is 4.99 Å². The number of fused-ring (bicyclic) bond motifs is 20. The molecule has 0 fully saturated rings. The number of nitriles is 2. The van der Waals surface area contributed by atoms with Gasteiger partial charge in [0.05, 0.1) is 74.4 Å². The summed E-state index contributed by atoms with van der Waals surface area (Å²) in [5, 5.41) is 21.2. The number of hydrogen-bond donors (Lipinski definition) is 0. The Morgan fingerprint density at radius 3 is 1.32 bits per heavy atom. The Labute approximate surface area is 668 Å². The largest absolute Gasteiger partial charge is 0.337 e. The molecule has 111 heavy (non-hydrogen) atoms. The predicted octanol–water partition coefficient (Wildman–Crippen LogP) is 28.4. The highest BCUT2D eigenvalue weighted by Crippen LogP contribution is 2.64. The van der Waals surface area contributed by atoms with Gasteiger partial charge in [0.2, 0.25) is 0 Å². The minimum absolute atomic E-state index is 0.0375. The summed E-state index contributed by atoms with van der Waals surface area (Å²) in [5.74, 6) is -4.14. The van der Waals surface area contributed by atoms with E-state index in [1.165, 1.54) is 64.2 Å². The van der Waals surface area contributed by atoms with E-state index in [9.17, 15) is 20.1 Å². The number of unbranched alkanes of at least 4 members (excludes halogenated alkanes) is 18. The summed E-state index contributed by atoms with van der Waals surface area (Å²) in [6.07, 6.45) is 33.9. The van der Waals surface area contributed by atoms with E-state index in [-0.39, 0.29) is 67.7 Å². The van der Waals surface area contributed by atoms with Crippen LogP contribution < -0.4 is 0 Å². The van der Waals surface area contributed by atoms with Gasteiger partial charge in [-0.2, -0.15) is 10.5 Å². The number of amidine groups is 1. The third-order valence-electron chi connectivity index (χ3n) is 24.6. The van der Waals surface area contributed by atoms with Gasteiger partial charge >= 0.3 is 0 Å². The molecule has 0 saturated heterocycles. The van der Waals surface area contributed by atoms with Crippen molar-refractivity contribution in [3.8, 4) is 23.5 Å². The quantitative estimate of drug-likeness (QED) is 0.0172. The average molecular weight is 1570 g/mol. The molecule has 9 nitrogen and oxygen atoms in total. The zero-order chi connectivity index (χ0) is 78.4. The Hall–Kier alpha value is -7.80. The number of rotatable bonds is 34. The molecular formula is C94H106F4N6O3S4. The highest BCUT2D eigenvalue weighted by molar-refractivity contribution is 7.34.